The lowest BCUT2D eigenvalue weighted by atomic mass is 10.1. The first-order valence-corrected chi connectivity index (χ1v) is 8.49. The van der Waals surface area contributed by atoms with E-state index >= 15 is 0 Å². The first-order chi connectivity index (χ1) is 12.1. The minimum absolute atomic E-state index is 0.242. The third-order valence-corrected chi connectivity index (χ3v) is 4.23. The first kappa shape index (κ1) is 17.1. The van der Waals surface area contributed by atoms with Crippen molar-refractivity contribution in [3.63, 3.8) is 0 Å². The maximum Gasteiger partial charge on any atom is 0.318 e. The summed E-state index contributed by atoms with van der Waals surface area (Å²) in [5.74, 6) is 0.256. The predicted molar refractivity (Wildman–Crippen MR) is 88.5 cm³/mol. The summed E-state index contributed by atoms with van der Waals surface area (Å²) < 4.78 is 13.9. The van der Waals surface area contributed by atoms with Crippen molar-refractivity contribution in [2.75, 3.05) is 0 Å². The lowest BCUT2D eigenvalue weighted by Crippen LogP contribution is -2.39. The summed E-state index contributed by atoms with van der Waals surface area (Å²) >= 11 is 1.29. The van der Waals surface area contributed by atoms with Crippen LogP contribution < -0.4 is 5.32 Å². The number of nitrogens with zero attached hydrogens (tertiary/aromatic N) is 5. The summed E-state index contributed by atoms with van der Waals surface area (Å²) in [4.78, 5) is 23.3. The summed E-state index contributed by atoms with van der Waals surface area (Å²) in [6.07, 6.45) is 5.68. The molecule has 0 saturated carbocycles. The van der Waals surface area contributed by atoms with Crippen LogP contribution in [-0.4, -0.2) is 30.5 Å². The van der Waals surface area contributed by atoms with Crippen LogP contribution in [-0.2, 0) is 19.6 Å². The van der Waals surface area contributed by atoms with E-state index in [1.54, 1.807) is 4.90 Å². The Kier molecular flexibility index (Phi) is 5.39. The van der Waals surface area contributed by atoms with Gasteiger partial charge in [-0.2, -0.15) is 0 Å². The highest BCUT2D eigenvalue weighted by Gasteiger charge is 2.19. The fourth-order valence-corrected chi connectivity index (χ4v) is 3.00. The molecule has 0 atom stereocenters. The molecule has 0 aromatic carbocycles. The Balaban J connectivity index is 1.66. The minimum atomic E-state index is -0.242. The Morgan fingerprint density at radius 1 is 1.20 bits per heavy atom. The molecule has 0 aliphatic carbocycles. The van der Waals surface area contributed by atoms with Gasteiger partial charge in [-0.15, -0.1) is 5.10 Å². The molecule has 0 unspecified atom stereocenters. The number of urea groups is 1. The predicted octanol–water partition coefficient (Wildman–Crippen LogP) is 2.55. The summed E-state index contributed by atoms with van der Waals surface area (Å²) in [7, 11) is 0. The molecule has 0 fully saturated rings. The van der Waals surface area contributed by atoms with Crippen molar-refractivity contribution in [1.82, 2.24) is 29.8 Å². The molecule has 3 heterocycles. The van der Waals surface area contributed by atoms with E-state index in [4.69, 9.17) is 8.83 Å². The van der Waals surface area contributed by atoms with Gasteiger partial charge >= 0.3 is 6.03 Å². The highest BCUT2D eigenvalue weighted by atomic mass is 32.1. The second kappa shape index (κ2) is 7.88. The minimum Gasteiger partial charge on any atom is -0.451 e. The lowest BCUT2D eigenvalue weighted by molar-refractivity contribution is 0.190. The molecular formula is C15H18N6O3S. The Morgan fingerprint density at radius 2 is 1.84 bits per heavy atom. The van der Waals surface area contributed by atoms with E-state index in [0.29, 0.717) is 31.0 Å². The van der Waals surface area contributed by atoms with Crippen molar-refractivity contribution in [3.05, 3.63) is 47.3 Å². The number of carbonyl (C=O) groups excluding carboxylic acids is 1. The molecule has 10 heteroatoms. The molecular weight excluding hydrogens is 344 g/mol. The largest absolute Gasteiger partial charge is 0.451 e. The average molecular weight is 362 g/mol. The van der Waals surface area contributed by atoms with Crippen LogP contribution in [0.2, 0.25) is 0 Å². The smallest absolute Gasteiger partial charge is 0.318 e. The third kappa shape index (κ3) is 4.41. The maximum atomic E-state index is 12.6. The van der Waals surface area contributed by atoms with E-state index < -0.39 is 0 Å². The van der Waals surface area contributed by atoms with Gasteiger partial charge in [-0.25, -0.2) is 14.8 Å². The van der Waals surface area contributed by atoms with E-state index in [9.17, 15) is 4.79 Å². The van der Waals surface area contributed by atoms with Crippen molar-refractivity contribution in [3.8, 4) is 0 Å². The highest BCUT2D eigenvalue weighted by molar-refractivity contribution is 7.05. The van der Waals surface area contributed by atoms with Crippen LogP contribution >= 0.6 is 11.5 Å². The van der Waals surface area contributed by atoms with Crippen molar-refractivity contribution in [1.29, 1.82) is 0 Å². The Morgan fingerprint density at radius 3 is 2.36 bits per heavy atom. The number of hydrogen-bond donors (Lipinski definition) is 1. The van der Waals surface area contributed by atoms with E-state index in [2.05, 4.69) is 24.9 Å². The van der Waals surface area contributed by atoms with E-state index in [-0.39, 0.29) is 11.9 Å². The van der Waals surface area contributed by atoms with Gasteiger partial charge < -0.3 is 19.1 Å². The highest BCUT2D eigenvalue weighted by Crippen LogP contribution is 2.19. The van der Waals surface area contributed by atoms with E-state index in [1.165, 1.54) is 36.8 Å². The monoisotopic (exact) mass is 362 g/mol. The van der Waals surface area contributed by atoms with Crippen LogP contribution in [0.25, 0.3) is 0 Å². The molecule has 3 rings (SSSR count). The molecule has 0 bridgehead atoms. The Bertz CT molecular complexity index is 748. The Hall–Kier alpha value is -2.75. The van der Waals surface area contributed by atoms with Crippen molar-refractivity contribution >= 4 is 17.6 Å². The fourth-order valence-electron chi connectivity index (χ4n) is 2.27. The van der Waals surface area contributed by atoms with Gasteiger partial charge in [0.2, 0.25) is 0 Å². The van der Waals surface area contributed by atoms with E-state index in [1.807, 2.05) is 13.8 Å². The molecule has 132 valence electrons. The number of aromatic nitrogens is 4. The first-order valence-electron chi connectivity index (χ1n) is 7.71. The van der Waals surface area contributed by atoms with Gasteiger partial charge in [-0.1, -0.05) is 18.3 Å². The standard InChI is InChI=1S/C15H18N6O3S/c1-10(2)14-13(25-20-19-14)3-16-15(22)21(4-11-6-23-8-17-11)5-12-7-24-9-18-12/h6-10H,3-5H2,1-2H3,(H,16,22). The topological polar surface area (TPSA) is 110 Å². The van der Waals surface area contributed by atoms with Crippen molar-refractivity contribution < 1.29 is 13.6 Å². The third-order valence-electron chi connectivity index (χ3n) is 3.49. The van der Waals surface area contributed by atoms with Gasteiger partial charge in [0.1, 0.15) is 12.5 Å². The molecule has 25 heavy (non-hydrogen) atoms. The van der Waals surface area contributed by atoms with Gasteiger partial charge in [0.05, 0.1) is 41.6 Å². The number of nitrogens with one attached hydrogen (secondary N) is 1. The molecule has 0 radical (unpaired) electrons. The van der Waals surface area contributed by atoms with Crippen LogP contribution in [0.15, 0.2) is 34.1 Å². The molecule has 0 saturated heterocycles. The SMILES string of the molecule is CC(C)c1nnsc1CNC(=O)N(Cc1cocn1)Cc1cocn1. The van der Waals surface area contributed by atoms with Crippen LogP contribution in [0.3, 0.4) is 0 Å². The number of carbonyl (C=O) groups is 1. The molecule has 0 aliphatic rings. The summed E-state index contributed by atoms with van der Waals surface area (Å²) in [5.41, 5.74) is 2.21. The second-order valence-corrected chi connectivity index (χ2v) is 6.55. The van der Waals surface area contributed by atoms with E-state index in [0.717, 1.165) is 10.6 Å². The second-order valence-electron chi connectivity index (χ2n) is 5.71. The molecule has 9 nitrogen and oxygen atoms in total. The molecule has 0 spiro atoms. The van der Waals surface area contributed by atoms with Crippen molar-refractivity contribution in [2.24, 2.45) is 0 Å². The average Bonchev–Trinajstić information content (AvgIpc) is 3.34. The van der Waals surface area contributed by atoms with Gasteiger partial charge in [-0.05, 0) is 17.5 Å². The number of amides is 2. The van der Waals surface area contributed by atoms with Gasteiger partial charge in [0.25, 0.3) is 0 Å². The quantitative estimate of drug-likeness (QED) is 0.687. The molecule has 1 N–H and O–H groups in total. The zero-order valence-corrected chi connectivity index (χ0v) is 14.7. The van der Waals surface area contributed by atoms with Gasteiger partial charge in [0.15, 0.2) is 12.8 Å². The van der Waals surface area contributed by atoms with Gasteiger partial charge in [0, 0.05) is 0 Å². The van der Waals surface area contributed by atoms with Crippen LogP contribution in [0, 0.1) is 0 Å². The zero-order valence-electron chi connectivity index (χ0n) is 13.9. The van der Waals surface area contributed by atoms with Gasteiger partial charge in [-0.3, -0.25) is 0 Å². The van der Waals surface area contributed by atoms with Crippen molar-refractivity contribution in [2.45, 2.75) is 39.4 Å². The molecule has 3 aromatic heterocycles. The summed E-state index contributed by atoms with van der Waals surface area (Å²) in [6.45, 7) is 5.06. The van der Waals surface area contributed by atoms with Crippen LogP contribution in [0.5, 0.6) is 0 Å². The summed E-state index contributed by atoms with van der Waals surface area (Å²) in [5, 5.41) is 7.02. The molecule has 3 aromatic rings. The number of hydrogen-bond acceptors (Lipinski definition) is 8. The maximum absolute atomic E-state index is 12.6. The van der Waals surface area contributed by atoms with Crippen LogP contribution in [0.4, 0.5) is 4.79 Å². The Labute approximate surface area is 148 Å². The number of oxazole rings is 2. The molecule has 2 amide bonds. The molecule has 0 aliphatic heterocycles. The summed E-state index contributed by atoms with van der Waals surface area (Å²) in [6, 6.07) is -0.242. The lowest BCUT2D eigenvalue weighted by Gasteiger charge is -2.21. The fraction of sp³-hybridized carbons (Fsp3) is 0.400. The number of rotatable bonds is 7. The zero-order chi connectivity index (χ0) is 17.6. The van der Waals surface area contributed by atoms with Crippen LogP contribution in [0.1, 0.15) is 41.7 Å². The normalized spacial score (nSPS) is 11.0.